The minimum atomic E-state index is -1.94. The van der Waals surface area contributed by atoms with Crippen LogP contribution in [-0.2, 0) is 17.8 Å². The quantitative estimate of drug-likeness (QED) is 0.249. The van der Waals surface area contributed by atoms with E-state index in [0.717, 1.165) is 12.8 Å². The SMILES string of the molecule is CCCn1c(-n2cccn2)nc2c(NC(=O)C3(O)C4C=CC(C4)C3O)nc(NCCc3ccccc3)nc21. The van der Waals surface area contributed by atoms with Crippen LogP contribution in [0.3, 0.4) is 0 Å². The van der Waals surface area contributed by atoms with Crippen molar-refractivity contribution in [2.45, 2.75) is 44.4 Å². The Morgan fingerprint density at radius 1 is 1.16 bits per heavy atom. The van der Waals surface area contributed by atoms with Crippen molar-refractivity contribution in [3.63, 3.8) is 0 Å². The lowest BCUT2D eigenvalue weighted by Gasteiger charge is -2.32. The van der Waals surface area contributed by atoms with Crippen LogP contribution in [0.4, 0.5) is 11.8 Å². The number of imidazole rings is 1. The lowest BCUT2D eigenvalue weighted by Crippen LogP contribution is -2.55. The molecule has 1 fully saturated rings. The topological polar surface area (TPSA) is 143 Å². The van der Waals surface area contributed by atoms with Crippen molar-refractivity contribution in [2.24, 2.45) is 11.8 Å². The van der Waals surface area contributed by atoms with Gasteiger partial charge in [-0.3, -0.25) is 9.36 Å². The Balaban J connectivity index is 1.38. The highest BCUT2D eigenvalue weighted by Gasteiger charge is 2.59. The van der Waals surface area contributed by atoms with Crippen LogP contribution in [0.25, 0.3) is 17.1 Å². The summed E-state index contributed by atoms with van der Waals surface area (Å²) in [5, 5.41) is 32.3. The van der Waals surface area contributed by atoms with E-state index < -0.39 is 23.5 Å². The van der Waals surface area contributed by atoms with Crippen LogP contribution >= 0.6 is 0 Å². The van der Waals surface area contributed by atoms with Crippen molar-refractivity contribution in [3.05, 3.63) is 66.5 Å². The van der Waals surface area contributed by atoms with Gasteiger partial charge in [0.1, 0.15) is 0 Å². The van der Waals surface area contributed by atoms with Crippen LogP contribution in [-0.4, -0.2) is 63.7 Å². The summed E-state index contributed by atoms with van der Waals surface area (Å²) < 4.78 is 3.58. The van der Waals surface area contributed by atoms with Crippen molar-refractivity contribution >= 4 is 28.8 Å². The second-order valence-corrected chi connectivity index (χ2v) is 9.86. The van der Waals surface area contributed by atoms with Gasteiger partial charge in [0.05, 0.1) is 6.10 Å². The molecular formula is C27H30N8O3. The van der Waals surface area contributed by atoms with Crippen LogP contribution in [0.5, 0.6) is 0 Å². The van der Waals surface area contributed by atoms with Gasteiger partial charge in [0.25, 0.3) is 5.91 Å². The second-order valence-electron chi connectivity index (χ2n) is 9.86. The Kier molecular flexibility index (Phi) is 6.16. The number of amides is 1. The molecule has 2 aliphatic carbocycles. The molecule has 38 heavy (non-hydrogen) atoms. The second kappa shape index (κ2) is 9.66. The summed E-state index contributed by atoms with van der Waals surface area (Å²) in [5.41, 5.74) is 0.147. The molecule has 1 amide bonds. The molecule has 11 nitrogen and oxygen atoms in total. The number of hydrogen-bond acceptors (Lipinski definition) is 8. The van der Waals surface area contributed by atoms with Crippen molar-refractivity contribution in [1.29, 1.82) is 0 Å². The van der Waals surface area contributed by atoms with E-state index in [-0.39, 0.29) is 11.7 Å². The van der Waals surface area contributed by atoms with Crippen molar-refractivity contribution in [3.8, 4) is 5.95 Å². The van der Waals surface area contributed by atoms with Crippen LogP contribution in [0.15, 0.2) is 60.9 Å². The first-order valence-corrected chi connectivity index (χ1v) is 12.9. The molecule has 4 atom stereocenters. The molecule has 2 aliphatic rings. The molecule has 0 radical (unpaired) electrons. The summed E-state index contributed by atoms with van der Waals surface area (Å²) in [6.07, 6.45) is 8.05. The number of benzene rings is 1. The molecule has 4 aromatic rings. The Bertz CT molecular complexity index is 1480. The number of aliphatic hydroxyl groups excluding tert-OH is 1. The van der Waals surface area contributed by atoms with Gasteiger partial charge in [0.2, 0.25) is 11.9 Å². The van der Waals surface area contributed by atoms with E-state index in [1.807, 2.05) is 28.8 Å². The summed E-state index contributed by atoms with van der Waals surface area (Å²) in [6, 6.07) is 11.9. The van der Waals surface area contributed by atoms with Crippen LogP contribution in [0, 0.1) is 11.8 Å². The van der Waals surface area contributed by atoms with E-state index in [2.05, 4.69) is 39.8 Å². The van der Waals surface area contributed by atoms with Crippen LogP contribution in [0.2, 0.25) is 0 Å². The van der Waals surface area contributed by atoms with Gasteiger partial charge in [-0.15, -0.1) is 0 Å². The maximum Gasteiger partial charge on any atom is 0.260 e. The third-order valence-electron chi connectivity index (χ3n) is 7.40. The Morgan fingerprint density at radius 2 is 2.00 bits per heavy atom. The van der Waals surface area contributed by atoms with Gasteiger partial charge in [0.15, 0.2) is 22.6 Å². The van der Waals surface area contributed by atoms with E-state index in [4.69, 9.17) is 9.97 Å². The van der Waals surface area contributed by atoms with Crippen molar-refractivity contribution < 1.29 is 15.0 Å². The van der Waals surface area contributed by atoms with E-state index in [0.29, 0.717) is 42.6 Å². The molecule has 196 valence electrons. The van der Waals surface area contributed by atoms with Gasteiger partial charge >= 0.3 is 0 Å². The zero-order valence-electron chi connectivity index (χ0n) is 21.0. The van der Waals surface area contributed by atoms with Crippen molar-refractivity contribution in [1.82, 2.24) is 29.3 Å². The third kappa shape index (κ3) is 4.04. The van der Waals surface area contributed by atoms with E-state index in [1.165, 1.54) is 5.56 Å². The maximum atomic E-state index is 13.4. The highest BCUT2D eigenvalue weighted by molar-refractivity contribution is 6.03. The minimum Gasteiger partial charge on any atom is -0.389 e. The zero-order chi connectivity index (χ0) is 26.3. The predicted molar refractivity (Wildman–Crippen MR) is 142 cm³/mol. The number of aryl methyl sites for hydroxylation is 1. The molecule has 0 saturated heterocycles. The fourth-order valence-electron chi connectivity index (χ4n) is 5.45. The smallest absolute Gasteiger partial charge is 0.260 e. The summed E-state index contributed by atoms with van der Waals surface area (Å²) in [4.78, 5) is 27.5. The monoisotopic (exact) mass is 514 g/mol. The average molecular weight is 515 g/mol. The van der Waals surface area contributed by atoms with Gasteiger partial charge in [-0.2, -0.15) is 15.1 Å². The first kappa shape index (κ1) is 24.3. The molecule has 4 unspecified atom stereocenters. The number of carbonyl (C=O) groups is 1. The Hall–Kier alpha value is -4.09. The summed E-state index contributed by atoms with van der Waals surface area (Å²) in [6.45, 7) is 3.26. The standard InChI is InChI=1S/C27H30N8O3/c1-2-14-34-23-20(30-26(34)35-15-6-12-29-35)22(31-24(37)27(38)19-10-9-18(16-19)21(27)36)32-25(33-23)28-13-11-17-7-4-3-5-8-17/h3-10,12,15,18-19,21,36,38H,2,11,13-14,16H2,1H3,(H2,28,31,32,33,37). The number of hydrogen-bond donors (Lipinski definition) is 4. The molecule has 11 heteroatoms. The number of aliphatic hydroxyl groups is 2. The first-order valence-electron chi connectivity index (χ1n) is 12.9. The average Bonchev–Trinajstić information content (AvgIpc) is 3.72. The lowest BCUT2D eigenvalue weighted by atomic mass is 9.85. The van der Waals surface area contributed by atoms with E-state index in [1.54, 1.807) is 29.2 Å². The molecule has 0 spiro atoms. The number of anilines is 2. The molecule has 3 heterocycles. The number of nitrogens with zero attached hydrogens (tertiary/aromatic N) is 6. The molecule has 6 rings (SSSR count). The molecule has 1 saturated carbocycles. The maximum absolute atomic E-state index is 13.4. The minimum absolute atomic E-state index is 0.165. The lowest BCUT2D eigenvalue weighted by molar-refractivity contribution is -0.149. The van der Waals surface area contributed by atoms with E-state index >= 15 is 0 Å². The highest BCUT2D eigenvalue weighted by atomic mass is 16.4. The molecule has 4 N–H and O–H groups in total. The molecule has 1 aromatic carbocycles. The fourth-order valence-corrected chi connectivity index (χ4v) is 5.45. The van der Waals surface area contributed by atoms with Gasteiger partial charge in [-0.05, 0) is 30.9 Å². The number of fused-ring (bicyclic) bond motifs is 3. The summed E-state index contributed by atoms with van der Waals surface area (Å²) in [7, 11) is 0. The van der Waals surface area contributed by atoms with Crippen molar-refractivity contribution in [2.75, 3.05) is 17.2 Å². The zero-order valence-corrected chi connectivity index (χ0v) is 21.0. The van der Waals surface area contributed by atoms with Gasteiger partial charge in [0, 0.05) is 37.3 Å². The van der Waals surface area contributed by atoms with Gasteiger partial charge in [-0.25, -0.2) is 9.67 Å². The third-order valence-corrected chi connectivity index (χ3v) is 7.40. The number of carbonyl (C=O) groups excluding carboxylic acids is 1. The number of rotatable bonds is 9. The molecule has 0 aliphatic heterocycles. The molecular weight excluding hydrogens is 484 g/mol. The molecule has 3 aromatic heterocycles. The Morgan fingerprint density at radius 3 is 2.71 bits per heavy atom. The summed E-state index contributed by atoms with van der Waals surface area (Å²) >= 11 is 0. The first-order chi connectivity index (χ1) is 18.5. The predicted octanol–water partition coefficient (Wildman–Crippen LogP) is 2.31. The van der Waals surface area contributed by atoms with E-state index in [9.17, 15) is 15.0 Å². The highest BCUT2D eigenvalue weighted by Crippen LogP contribution is 2.47. The Labute approximate surface area is 219 Å². The molecule has 2 bridgehead atoms. The van der Waals surface area contributed by atoms with Crippen LogP contribution in [0.1, 0.15) is 25.3 Å². The van der Waals surface area contributed by atoms with Crippen LogP contribution < -0.4 is 10.6 Å². The normalized spacial score (nSPS) is 23.8. The van der Waals surface area contributed by atoms with Gasteiger partial charge < -0.3 is 20.8 Å². The summed E-state index contributed by atoms with van der Waals surface area (Å²) in [5.74, 6) is -0.374. The largest absolute Gasteiger partial charge is 0.389 e. The number of aromatic nitrogens is 6. The number of nitrogens with one attached hydrogen (secondary N) is 2. The van der Waals surface area contributed by atoms with Gasteiger partial charge in [-0.1, -0.05) is 49.4 Å². The fraction of sp³-hybridized carbons (Fsp3) is 0.370.